The molecule has 1 aliphatic heterocycles. The molecule has 0 unspecified atom stereocenters. The van der Waals surface area contributed by atoms with E-state index in [1.165, 1.54) is 0 Å². The second-order valence-corrected chi connectivity index (χ2v) is 7.09. The number of anilines is 1. The second kappa shape index (κ2) is 6.14. The van der Waals surface area contributed by atoms with Crippen molar-refractivity contribution < 1.29 is 14.1 Å². The summed E-state index contributed by atoms with van der Waals surface area (Å²) in [6, 6.07) is 5.80. The van der Waals surface area contributed by atoms with Gasteiger partial charge in [0, 0.05) is 11.3 Å². The van der Waals surface area contributed by atoms with Crippen molar-refractivity contribution in [2.45, 2.75) is 59.7 Å². The summed E-state index contributed by atoms with van der Waals surface area (Å²) in [6.07, 6.45) is 1.79. The van der Waals surface area contributed by atoms with E-state index in [1.807, 2.05) is 59.7 Å². The van der Waals surface area contributed by atoms with E-state index < -0.39 is 7.12 Å². The first-order chi connectivity index (χ1) is 10.6. The molecule has 2 rings (SSSR count). The first kappa shape index (κ1) is 17.8. The molecule has 1 amide bonds. The smallest absolute Gasteiger partial charge is 0.399 e. The van der Waals surface area contributed by atoms with Gasteiger partial charge in [-0.05, 0) is 66.1 Å². The molecule has 0 aromatic heterocycles. The average molecular weight is 315 g/mol. The van der Waals surface area contributed by atoms with Crippen molar-refractivity contribution in [2.75, 3.05) is 5.32 Å². The summed E-state index contributed by atoms with van der Waals surface area (Å²) in [4.78, 5) is 12.0. The largest absolute Gasteiger partial charge is 0.495 e. The molecule has 0 saturated carbocycles. The quantitative estimate of drug-likeness (QED) is 0.688. The highest BCUT2D eigenvalue weighted by molar-refractivity contribution is 6.62. The number of hydrogen-bond acceptors (Lipinski definition) is 3. The molecule has 1 N–H and O–H groups in total. The average Bonchev–Trinajstić information content (AvgIpc) is 2.68. The molecular weight excluding hydrogens is 289 g/mol. The SMILES string of the molecule is CC=C(C)C(=O)Nc1ccc(C)c(B2OC(C)(C)C(C)(C)O2)c1. The van der Waals surface area contributed by atoms with Gasteiger partial charge in [-0.1, -0.05) is 17.7 Å². The molecule has 1 aromatic rings. The number of carbonyl (C=O) groups is 1. The van der Waals surface area contributed by atoms with E-state index in [9.17, 15) is 4.79 Å². The minimum absolute atomic E-state index is 0.101. The Morgan fingerprint density at radius 3 is 2.26 bits per heavy atom. The lowest BCUT2D eigenvalue weighted by Gasteiger charge is -2.32. The molecular formula is C18H26BNO3. The zero-order valence-corrected chi connectivity index (χ0v) is 15.1. The fraction of sp³-hybridized carbons (Fsp3) is 0.500. The zero-order chi connectivity index (χ0) is 17.4. The highest BCUT2D eigenvalue weighted by Gasteiger charge is 2.52. The Labute approximate surface area is 139 Å². The summed E-state index contributed by atoms with van der Waals surface area (Å²) in [7, 11) is -0.431. The van der Waals surface area contributed by atoms with Crippen molar-refractivity contribution in [1.29, 1.82) is 0 Å². The van der Waals surface area contributed by atoms with Crippen molar-refractivity contribution in [3.05, 3.63) is 35.4 Å². The number of hydrogen-bond donors (Lipinski definition) is 1. The molecule has 0 aliphatic carbocycles. The summed E-state index contributed by atoms with van der Waals surface area (Å²) in [5.74, 6) is -0.101. The molecule has 0 radical (unpaired) electrons. The molecule has 0 bridgehead atoms. The van der Waals surface area contributed by atoms with Crippen LogP contribution in [0.5, 0.6) is 0 Å². The number of nitrogens with one attached hydrogen (secondary N) is 1. The Morgan fingerprint density at radius 2 is 1.74 bits per heavy atom. The van der Waals surface area contributed by atoms with Crippen molar-refractivity contribution >= 4 is 24.2 Å². The van der Waals surface area contributed by atoms with Crippen molar-refractivity contribution in [3.8, 4) is 0 Å². The maximum Gasteiger partial charge on any atom is 0.495 e. The van der Waals surface area contributed by atoms with E-state index in [0.29, 0.717) is 5.57 Å². The maximum absolute atomic E-state index is 12.0. The van der Waals surface area contributed by atoms with Gasteiger partial charge in [0.1, 0.15) is 0 Å². The molecule has 1 heterocycles. The van der Waals surface area contributed by atoms with E-state index in [0.717, 1.165) is 16.7 Å². The van der Waals surface area contributed by atoms with Gasteiger partial charge in [0.25, 0.3) is 5.91 Å². The Bertz CT molecular complexity index is 634. The number of carbonyl (C=O) groups excluding carboxylic acids is 1. The van der Waals surface area contributed by atoms with E-state index in [2.05, 4.69) is 5.32 Å². The predicted molar refractivity (Wildman–Crippen MR) is 95.0 cm³/mol. The fourth-order valence-corrected chi connectivity index (χ4v) is 2.30. The number of benzene rings is 1. The van der Waals surface area contributed by atoms with Gasteiger partial charge in [0.2, 0.25) is 0 Å². The van der Waals surface area contributed by atoms with Gasteiger partial charge in [-0.15, -0.1) is 0 Å². The third kappa shape index (κ3) is 3.51. The van der Waals surface area contributed by atoms with Crippen LogP contribution in [0.2, 0.25) is 0 Å². The van der Waals surface area contributed by atoms with Gasteiger partial charge in [-0.3, -0.25) is 4.79 Å². The van der Waals surface area contributed by atoms with E-state index in [1.54, 1.807) is 13.0 Å². The Kier molecular flexibility index (Phi) is 4.74. The summed E-state index contributed by atoms with van der Waals surface area (Å²) < 4.78 is 12.2. The highest BCUT2D eigenvalue weighted by Crippen LogP contribution is 2.36. The molecule has 0 spiro atoms. The van der Waals surface area contributed by atoms with Crippen LogP contribution in [0.4, 0.5) is 5.69 Å². The molecule has 1 aliphatic rings. The molecule has 1 fully saturated rings. The third-order valence-corrected chi connectivity index (χ3v) is 4.84. The minimum atomic E-state index is -0.431. The van der Waals surface area contributed by atoms with Gasteiger partial charge in [-0.25, -0.2) is 0 Å². The van der Waals surface area contributed by atoms with Crippen molar-refractivity contribution in [3.63, 3.8) is 0 Å². The van der Waals surface area contributed by atoms with Gasteiger partial charge in [0.05, 0.1) is 11.2 Å². The molecule has 1 aromatic carbocycles. The number of amides is 1. The molecule has 1 saturated heterocycles. The molecule has 0 atom stereocenters. The normalized spacial score (nSPS) is 19.8. The summed E-state index contributed by atoms with van der Waals surface area (Å²) in [6.45, 7) is 13.8. The predicted octanol–water partition coefficient (Wildman–Crippen LogP) is 3.20. The molecule has 124 valence electrons. The number of allylic oxidation sites excluding steroid dienone is 1. The zero-order valence-electron chi connectivity index (χ0n) is 15.1. The maximum atomic E-state index is 12.0. The van der Waals surface area contributed by atoms with Crippen LogP contribution in [0.25, 0.3) is 0 Å². The fourth-order valence-electron chi connectivity index (χ4n) is 2.30. The first-order valence-electron chi connectivity index (χ1n) is 7.98. The lowest BCUT2D eigenvalue weighted by Crippen LogP contribution is -2.41. The molecule has 23 heavy (non-hydrogen) atoms. The van der Waals surface area contributed by atoms with Crippen LogP contribution in [-0.2, 0) is 14.1 Å². The van der Waals surface area contributed by atoms with Gasteiger partial charge < -0.3 is 14.6 Å². The standard InChI is InChI=1S/C18H26BNO3/c1-8-12(2)16(21)20-14-10-9-13(3)15(11-14)19-22-17(4,5)18(6,7)23-19/h8-11H,1-7H3,(H,20,21). The number of aryl methyl sites for hydroxylation is 1. The van der Waals surface area contributed by atoms with Crippen LogP contribution in [0.15, 0.2) is 29.8 Å². The second-order valence-electron chi connectivity index (χ2n) is 7.09. The van der Waals surface area contributed by atoms with Crippen LogP contribution in [0.3, 0.4) is 0 Å². The topological polar surface area (TPSA) is 47.6 Å². The Hall–Kier alpha value is -1.59. The highest BCUT2D eigenvalue weighted by atomic mass is 16.7. The van der Waals surface area contributed by atoms with Crippen LogP contribution in [0, 0.1) is 6.92 Å². The van der Waals surface area contributed by atoms with Crippen molar-refractivity contribution in [1.82, 2.24) is 0 Å². The van der Waals surface area contributed by atoms with E-state index in [-0.39, 0.29) is 17.1 Å². The van der Waals surface area contributed by atoms with Crippen LogP contribution < -0.4 is 10.8 Å². The molecule has 4 nitrogen and oxygen atoms in total. The van der Waals surface area contributed by atoms with Crippen molar-refractivity contribution in [2.24, 2.45) is 0 Å². The summed E-state index contributed by atoms with van der Waals surface area (Å²) in [5.41, 5.74) is 2.67. The first-order valence-corrected chi connectivity index (χ1v) is 7.98. The van der Waals surface area contributed by atoms with Gasteiger partial charge in [-0.2, -0.15) is 0 Å². The lowest BCUT2D eigenvalue weighted by atomic mass is 9.76. The summed E-state index contributed by atoms with van der Waals surface area (Å²) in [5, 5.41) is 2.91. The minimum Gasteiger partial charge on any atom is -0.399 e. The summed E-state index contributed by atoms with van der Waals surface area (Å²) >= 11 is 0. The Morgan fingerprint density at radius 1 is 1.17 bits per heavy atom. The Balaban J connectivity index is 2.27. The molecule has 5 heteroatoms. The van der Waals surface area contributed by atoms with Crippen LogP contribution in [0.1, 0.15) is 47.1 Å². The lowest BCUT2D eigenvalue weighted by molar-refractivity contribution is -0.112. The van der Waals surface area contributed by atoms with Crippen LogP contribution >= 0.6 is 0 Å². The van der Waals surface area contributed by atoms with E-state index >= 15 is 0 Å². The van der Waals surface area contributed by atoms with Gasteiger partial charge in [0.15, 0.2) is 0 Å². The third-order valence-electron chi connectivity index (χ3n) is 4.84. The monoisotopic (exact) mass is 315 g/mol. The van der Waals surface area contributed by atoms with Crippen LogP contribution in [-0.4, -0.2) is 24.2 Å². The van der Waals surface area contributed by atoms with E-state index in [4.69, 9.17) is 9.31 Å². The number of rotatable bonds is 3. The van der Waals surface area contributed by atoms with Gasteiger partial charge >= 0.3 is 7.12 Å².